The van der Waals surface area contributed by atoms with Crippen LogP contribution in [0.2, 0.25) is 0 Å². The summed E-state index contributed by atoms with van der Waals surface area (Å²) in [5.41, 5.74) is 1.33. The van der Waals surface area contributed by atoms with Crippen molar-refractivity contribution in [2.24, 2.45) is 0 Å². The minimum Gasteiger partial charge on any atom is -0.389 e. The number of nitrogens with zero attached hydrogens (tertiary/aromatic N) is 1. The zero-order chi connectivity index (χ0) is 13.8. The highest BCUT2D eigenvalue weighted by Crippen LogP contribution is 2.17. The van der Waals surface area contributed by atoms with Gasteiger partial charge in [0.25, 0.3) is 0 Å². The summed E-state index contributed by atoms with van der Waals surface area (Å²) < 4.78 is 13.2. The first-order valence-electron chi connectivity index (χ1n) is 6.07. The lowest BCUT2D eigenvalue weighted by Gasteiger charge is -2.15. The lowest BCUT2D eigenvalue weighted by Crippen LogP contribution is -2.22. The van der Waals surface area contributed by atoms with Crippen molar-refractivity contribution in [1.82, 2.24) is 4.90 Å². The minimum atomic E-state index is -0.743. The fraction of sp³-hybridized carbons (Fsp3) is 0.429. The number of hydrogen-bond donors (Lipinski definition) is 3. The normalized spacial score (nSPS) is 23.2. The van der Waals surface area contributed by atoms with Crippen molar-refractivity contribution in [3.63, 3.8) is 0 Å². The first kappa shape index (κ1) is 14.0. The number of aliphatic hydroxyl groups excluding tert-OH is 3. The largest absolute Gasteiger partial charge is 0.389 e. The molecule has 2 unspecified atom stereocenters. The van der Waals surface area contributed by atoms with Crippen molar-refractivity contribution >= 4 is 0 Å². The van der Waals surface area contributed by atoms with Gasteiger partial charge in [0.2, 0.25) is 0 Å². The topological polar surface area (TPSA) is 63.9 Å². The predicted octanol–water partition coefficient (Wildman–Crippen LogP) is -0.293. The number of likely N-dealkylation sites (tertiary alicyclic amines) is 1. The minimum absolute atomic E-state index is 0.281. The number of hydrogen-bond acceptors (Lipinski definition) is 4. The molecule has 2 atom stereocenters. The monoisotopic (exact) mass is 265 g/mol. The first-order chi connectivity index (χ1) is 9.10. The van der Waals surface area contributed by atoms with Crippen LogP contribution in [-0.2, 0) is 6.54 Å². The second kappa shape index (κ2) is 6.13. The molecular formula is C14H16FNO3. The summed E-state index contributed by atoms with van der Waals surface area (Å²) in [5.74, 6) is 4.82. The van der Waals surface area contributed by atoms with E-state index in [4.69, 9.17) is 5.11 Å². The summed E-state index contributed by atoms with van der Waals surface area (Å²) in [6.07, 6.45) is -1.49. The van der Waals surface area contributed by atoms with Gasteiger partial charge in [-0.05, 0) is 17.7 Å². The number of halogens is 1. The van der Waals surface area contributed by atoms with E-state index >= 15 is 0 Å². The number of benzene rings is 1. The van der Waals surface area contributed by atoms with E-state index in [9.17, 15) is 14.6 Å². The van der Waals surface area contributed by atoms with Crippen molar-refractivity contribution < 1.29 is 19.7 Å². The number of aliphatic hydroxyl groups is 3. The first-order valence-corrected chi connectivity index (χ1v) is 6.07. The summed E-state index contributed by atoms with van der Waals surface area (Å²) in [4.78, 5) is 1.88. The van der Waals surface area contributed by atoms with E-state index in [2.05, 4.69) is 11.8 Å². The summed E-state index contributed by atoms with van der Waals surface area (Å²) in [7, 11) is 0. The molecule has 0 aliphatic carbocycles. The molecule has 1 saturated heterocycles. The zero-order valence-electron chi connectivity index (χ0n) is 10.4. The highest BCUT2D eigenvalue weighted by atomic mass is 19.1. The van der Waals surface area contributed by atoms with Crippen LogP contribution in [0.25, 0.3) is 0 Å². The third kappa shape index (κ3) is 3.52. The van der Waals surface area contributed by atoms with Gasteiger partial charge in [-0.15, -0.1) is 0 Å². The van der Waals surface area contributed by atoms with Gasteiger partial charge in [0, 0.05) is 25.2 Å². The second-order valence-corrected chi connectivity index (χ2v) is 4.59. The van der Waals surface area contributed by atoms with E-state index in [1.807, 2.05) is 4.90 Å². The second-order valence-electron chi connectivity index (χ2n) is 4.59. The Kier molecular flexibility index (Phi) is 4.51. The van der Waals surface area contributed by atoms with Crippen molar-refractivity contribution in [3.05, 3.63) is 35.1 Å². The maximum atomic E-state index is 13.2. The average molecular weight is 265 g/mol. The molecule has 4 nitrogen and oxygen atoms in total. The molecule has 2 rings (SSSR count). The van der Waals surface area contributed by atoms with E-state index in [1.54, 1.807) is 6.07 Å². The van der Waals surface area contributed by atoms with Crippen LogP contribution in [-0.4, -0.2) is 52.1 Å². The van der Waals surface area contributed by atoms with Crippen LogP contribution in [0, 0.1) is 17.7 Å². The Labute approximate surface area is 111 Å². The van der Waals surface area contributed by atoms with Gasteiger partial charge in [0.05, 0.1) is 12.2 Å². The summed E-state index contributed by atoms with van der Waals surface area (Å²) in [6, 6.07) is 4.30. The quantitative estimate of drug-likeness (QED) is 0.643. The summed E-state index contributed by atoms with van der Waals surface area (Å²) in [6.45, 7) is 0.956. The Bertz CT molecular complexity index is 499. The van der Waals surface area contributed by atoms with Crippen LogP contribution in [0.15, 0.2) is 18.2 Å². The maximum Gasteiger partial charge on any atom is 0.124 e. The fourth-order valence-electron chi connectivity index (χ4n) is 2.15. The summed E-state index contributed by atoms with van der Waals surface area (Å²) >= 11 is 0. The molecule has 5 heteroatoms. The van der Waals surface area contributed by atoms with Crippen LogP contribution in [0.5, 0.6) is 0 Å². The molecule has 0 saturated carbocycles. The molecule has 3 N–H and O–H groups in total. The highest BCUT2D eigenvalue weighted by molar-refractivity contribution is 5.41. The van der Waals surface area contributed by atoms with Gasteiger partial charge >= 0.3 is 0 Å². The van der Waals surface area contributed by atoms with Gasteiger partial charge in [0.1, 0.15) is 12.4 Å². The molecule has 1 aliphatic heterocycles. The Morgan fingerprint density at radius 2 is 1.95 bits per heavy atom. The molecule has 0 amide bonds. The van der Waals surface area contributed by atoms with Crippen LogP contribution in [0.1, 0.15) is 11.1 Å². The van der Waals surface area contributed by atoms with Crippen LogP contribution in [0.3, 0.4) is 0 Å². The Balaban J connectivity index is 2.16. The Hall–Kier alpha value is -1.45. The van der Waals surface area contributed by atoms with Crippen LogP contribution < -0.4 is 0 Å². The standard InChI is InChI=1S/C14H16FNO3/c15-12-4-3-11(10(6-12)2-1-5-17)7-16-8-13(18)14(19)9-16/h3-4,6,13-14,17-19H,5,7-9H2. The smallest absolute Gasteiger partial charge is 0.124 e. The van der Waals surface area contributed by atoms with Gasteiger partial charge in [-0.1, -0.05) is 17.9 Å². The molecule has 0 bridgehead atoms. The Morgan fingerprint density at radius 1 is 1.26 bits per heavy atom. The van der Waals surface area contributed by atoms with E-state index in [0.29, 0.717) is 25.2 Å². The number of rotatable bonds is 2. The van der Waals surface area contributed by atoms with Gasteiger partial charge in [-0.25, -0.2) is 4.39 Å². The van der Waals surface area contributed by atoms with E-state index < -0.39 is 12.2 Å². The molecule has 1 aromatic carbocycles. The third-order valence-electron chi connectivity index (χ3n) is 3.10. The predicted molar refractivity (Wildman–Crippen MR) is 67.7 cm³/mol. The molecule has 0 aromatic heterocycles. The average Bonchev–Trinajstić information content (AvgIpc) is 2.68. The van der Waals surface area contributed by atoms with Crippen molar-refractivity contribution in [3.8, 4) is 11.8 Å². The molecule has 0 radical (unpaired) electrons. The molecule has 102 valence electrons. The van der Waals surface area contributed by atoms with E-state index in [1.165, 1.54) is 12.1 Å². The number of β-amino-alcohol motifs (C(OH)–C–C–N with tert-alkyl or cyclic N) is 2. The molecule has 1 aliphatic rings. The maximum absolute atomic E-state index is 13.2. The van der Waals surface area contributed by atoms with Gasteiger partial charge in [-0.2, -0.15) is 0 Å². The van der Waals surface area contributed by atoms with Gasteiger partial charge in [0.15, 0.2) is 0 Å². The van der Waals surface area contributed by atoms with Crippen molar-refractivity contribution in [2.45, 2.75) is 18.8 Å². The molecule has 1 heterocycles. The highest BCUT2D eigenvalue weighted by Gasteiger charge is 2.29. The molecule has 1 fully saturated rings. The lowest BCUT2D eigenvalue weighted by molar-refractivity contribution is 0.0572. The van der Waals surface area contributed by atoms with Gasteiger partial charge in [-0.3, -0.25) is 4.90 Å². The van der Waals surface area contributed by atoms with Crippen LogP contribution >= 0.6 is 0 Å². The summed E-state index contributed by atoms with van der Waals surface area (Å²) in [5, 5.41) is 27.7. The van der Waals surface area contributed by atoms with E-state index in [-0.39, 0.29) is 12.4 Å². The van der Waals surface area contributed by atoms with Crippen molar-refractivity contribution in [2.75, 3.05) is 19.7 Å². The molecule has 0 spiro atoms. The molecular weight excluding hydrogens is 249 g/mol. The van der Waals surface area contributed by atoms with Crippen LogP contribution in [0.4, 0.5) is 4.39 Å². The van der Waals surface area contributed by atoms with Gasteiger partial charge < -0.3 is 15.3 Å². The zero-order valence-corrected chi connectivity index (χ0v) is 10.4. The Morgan fingerprint density at radius 3 is 2.58 bits per heavy atom. The van der Waals surface area contributed by atoms with Crippen molar-refractivity contribution in [1.29, 1.82) is 0 Å². The SMILES string of the molecule is OCC#Cc1cc(F)ccc1CN1CC(O)C(O)C1. The van der Waals surface area contributed by atoms with E-state index in [0.717, 1.165) is 5.56 Å². The third-order valence-corrected chi connectivity index (χ3v) is 3.10. The molecule has 1 aromatic rings. The molecule has 19 heavy (non-hydrogen) atoms. The lowest BCUT2D eigenvalue weighted by atomic mass is 10.1. The fourth-order valence-corrected chi connectivity index (χ4v) is 2.15.